The SMILES string of the molecule is COc1cccc(-n2c(C)cc([C@@H]3[C@@H](c4ccccn4)NC(=S)N3C[C@H]3CCCO3)c2C)c1. The summed E-state index contributed by atoms with van der Waals surface area (Å²) in [5, 5.41) is 4.33. The van der Waals surface area contributed by atoms with Gasteiger partial charge in [-0.3, -0.25) is 4.98 Å². The summed E-state index contributed by atoms with van der Waals surface area (Å²) in [6.45, 7) is 5.94. The van der Waals surface area contributed by atoms with Crippen molar-refractivity contribution >= 4 is 17.3 Å². The summed E-state index contributed by atoms with van der Waals surface area (Å²) in [7, 11) is 1.70. The van der Waals surface area contributed by atoms with Crippen molar-refractivity contribution in [3.63, 3.8) is 0 Å². The fourth-order valence-electron chi connectivity index (χ4n) is 5.18. The lowest BCUT2D eigenvalue weighted by atomic mass is 9.96. The minimum absolute atomic E-state index is 0.0284. The maximum atomic E-state index is 5.98. The van der Waals surface area contributed by atoms with E-state index in [1.807, 2.05) is 30.5 Å². The van der Waals surface area contributed by atoms with E-state index < -0.39 is 0 Å². The minimum atomic E-state index is -0.0284. The molecule has 2 saturated heterocycles. The number of methoxy groups -OCH3 is 1. The first-order valence-electron chi connectivity index (χ1n) is 11.5. The first-order valence-corrected chi connectivity index (χ1v) is 11.9. The van der Waals surface area contributed by atoms with Crippen molar-refractivity contribution in [1.29, 1.82) is 0 Å². The zero-order chi connectivity index (χ0) is 22.9. The lowest BCUT2D eigenvalue weighted by Gasteiger charge is -2.30. The van der Waals surface area contributed by atoms with Crippen LogP contribution in [0, 0.1) is 13.8 Å². The first kappa shape index (κ1) is 21.9. The molecule has 33 heavy (non-hydrogen) atoms. The second-order valence-electron chi connectivity index (χ2n) is 8.78. The molecule has 2 aliphatic heterocycles. The van der Waals surface area contributed by atoms with Gasteiger partial charge in [-0.2, -0.15) is 0 Å². The number of ether oxygens (including phenoxy) is 2. The second-order valence-corrected chi connectivity index (χ2v) is 9.16. The van der Waals surface area contributed by atoms with E-state index in [-0.39, 0.29) is 18.2 Å². The Balaban J connectivity index is 1.59. The molecule has 2 fully saturated rings. The molecule has 3 aromatic rings. The number of nitrogens with one attached hydrogen (secondary N) is 1. The number of benzene rings is 1. The number of nitrogens with zero attached hydrogens (tertiary/aromatic N) is 3. The van der Waals surface area contributed by atoms with Gasteiger partial charge in [0.15, 0.2) is 5.11 Å². The minimum Gasteiger partial charge on any atom is -0.497 e. The molecule has 0 saturated carbocycles. The predicted octanol–water partition coefficient (Wildman–Crippen LogP) is 4.65. The zero-order valence-corrected chi connectivity index (χ0v) is 20.1. The molecular formula is C26H30N4O2S. The monoisotopic (exact) mass is 462 g/mol. The van der Waals surface area contributed by atoms with E-state index in [9.17, 15) is 0 Å². The van der Waals surface area contributed by atoms with E-state index in [0.29, 0.717) is 0 Å². The largest absolute Gasteiger partial charge is 0.497 e. The fraction of sp³-hybridized carbons (Fsp3) is 0.385. The number of hydrogen-bond acceptors (Lipinski definition) is 4. The lowest BCUT2D eigenvalue weighted by Crippen LogP contribution is -2.36. The molecule has 0 unspecified atom stereocenters. The Hall–Kier alpha value is -2.90. The summed E-state index contributed by atoms with van der Waals surface area (Å²) < 4.78 is 13.7. The van der Waals surface area contributed by atoms with E-state index >= 15 is 0 Å². The second kappa shape index (κ2) is 9.15. The van der Waals surface area contributed by atoms with Crippen molar-refractivity contribution in [3.05, 3.63) is 77.4 Å². The van der Waals surface area contributed by atoms with Gasteiger partial charge < -0.3 is 24.3 Å². The summed E-state index contributed by atoms with van der Waals surface area (Å²) in [5.74, 6) is 0.844. The molecule has 0 bridgehead atoms. The molecular weight excluding hydrogens is 432 g/mol. The lowest BCUT2D eigenvalue weighted by molar-refractivity contribution is 0.0842. The van der Waals surface area contributed by atoms with Crippen LogP contribution in [0.4, 0.5) is 0 Å². The van der Waals surface area contributed by atoms with Gasteiger partial charge in [0, 0.05) is 42.5 Å². The molecule has 0 amide bonds. The van der Waals surface area contributed by atoms with E-state index in [1.165, 1.54) is 17.0 Å². The first-order chi connectivity index (χ1) is 16.1. The Morgan fingerprint density at radius 3 is 2.79 bits per heavy atom. The van der Waals surface area contributed by atoms with Crippen LogP contribution in [0.25, 0.3) is 5.69 Å². The highest BCUT2D eigenvalue weighted by atomic mass is 32.1. The topological polar surface area (TPSA) is 51.5 Å². The normalized spacial score (nSPS) is 22.6. The van der Waals surface area contributed by atoms with Crippen LogP contribution in [0.15, 0.2) is 54.7 Å². The molecule has 4 heterocycles. The summed E-state index contributed by atoms with van der Waals surface area (Å²) in [6, 6.07) is 16.5. The van der Waals surface area contributed by atoms with Crippen molar-refractivity contribution in [3.8, 4) is 11.4 Å². The Bertz CT molecular complexity index is 1140. The number of aromatic nitrogens is 2. The van der Waals surface area contributed by atoms with Gasteiger partial charge in [-0.15, -0.1) is 0 Å². The third-order valence-electron chi connectivity index (χ3n) is 6.72. The van der Waals surface area contributed by atoms with Gasteiger partial charge in [0.2, 0.25) is 0 Å². The molecule has 1 N–H and O–H groups in total. The quantitative estimate of drug-likeness (QED) is 0.538. The molecule has 3 atom stereocenters. The highest BCUT2D eigenvalue weighted by Crippen LogP contribution is 2.42. The smallest absolute Gasteiger partial charge is 0.170 e. The third-order valence-corrected chi connectivity index (χ3v) is 7.07. The number of pyridine rings is 1. The van der Waals surface area contributed by atoms with Crippen LogP contribution in [0.3, 0.4) is 0 Å². The predicted molar refractivity (Wildman–Crippen MR) is 133 cm³/mol. The van der Waals surface area contributed by atoms with Crippen LogP contribution in [-0.2, 0) is 4.74 Å². The molecule has 172 valence electrons. The fourth-order valence-corrected chi connectivity index (χ4v) is 5.50. The molecule has 0 aliphatic carbocycles. The van der Waals surface area contributed by atoms with Crippen molar-refractivity contribution < 1.29 is 9.47 Å². The van der Waals surface area contributed by atoms with Gasteiger partial charge in [0.25, 0.3) is 0 Å². The number of hydrogen-bond donors (Lipinski definition) is 1. The van der Waals surface area contributed by atoms with Gasteiger partial charge in [-0.25, -0.2) is 0 Å². The Morgan fingerprint density at radius 1 is 1.18 bits per heavy atom. The summed E-state index contributed by atoms with van der Waals surface area (Å²) in [5.41, 5.74) is 5.69. The van der Waals surface area contributed by atoms with Crippen molar-refractivity contribution in [2.24, 2.45) is 0 Å². The summed E-state index contributed by atoms with van der Waals surface area (Å²) >= 11 is 5.85. The molecule has 1 aromatic carbocycles. The van der Waals surface area contributed by atoms with Crippen LogP contribution in [0.1, 0.15) is 47.6 Å². The number of thiocarbonyl (C=S) groups is 1. The summed E-state index contributed by atoms with van der Waals surface area (Å²) in [4.78, 5) is 6.98. The Labute approximate surface area is 200 Å². The van der Waals surface area contributed by atoms with E-state index in [2.05, 4.69) is 57.9 Å². The van der Waals surface area contributed by atoms with Crippen LogP contribution < -0.4 is 10.1 Å². The molecule has 5 rings (SSSR count). The third kappa shape index (κ3) is 4.11. The van der Waals surface area contributed by atoms with Crippen LogP contribution >= 0.6 is 12.2 Å². The molecule has 6 nitrogen and oxygen atoms in total. The molecule has 2 aliphatic rings. The van der Waals surface area contributed by atoms with E-state index in [4.69, 9.17) is 21.7 Å². The Morgan fingerprint density at radius 2 is 2.06 bits per heavy atom. The Kier molecular flexibility index (Phi) is 6.08. The van der Waals surface area contributed by atoms with Crippen LogP contribution in [0.2, 0.25) is 0 Å². The van der Waals surface area contributed by atoms with E-state index in [0.717, 1.165) is 48.2 Å². The van der Waals surface area contributed by atoms with Gasteiger partial charge >= 0.3 is 0 Å². The molecule has 0 radical (unpaired) electrons. The molecule has 7 heteroatoms. The zero-order valence-electron chi connectivity index (χ0n) is 19.3. The van der Waals surface area contributed by atoms with Crippen molar-refractivity contribution in [2.75, 3.05) is 20.3 Å². The van der Waals surface area contributed by atoms with E-state index in [1.54, 1.807) is 7.11 Å². The highest BCUT2D eigenvalue weighted by Gasteiger charge is 2.42. The van der Waals surface area contributed by atoms with Gasteiger partial charge in [0.05, 0.1) is 31.0 Å². The molecule has 0 spiro atoms. The average Bonchev–Trinajstić information content (AvgIpc) is 3.53. The maximum Gasteiger partial charge on any atom is 0.170 e. The highest BCUT2D eigenvalue weighted by molar-refractivity contribution is 7.80. The van der Waals surface area contributed by atoms with Crippen LogP contribution in [0.5, 0.6) is 5.75 Å². The number of rotatable bonds is 6. The average molecular weight is 463 g/mol. The van der Waals surface area contributed by atoms with Gasteiger partial charge in [0.1, 0.15) is 5.75 Å². The molecule has 2 aromatic heterocycles. The maximum absolute atomic E-state index is 5.98. The van der Waals surface area contributed by atoms with Crippen LogP contribution in [-0.4, -0.2) is 45.9 Å². The van der Waals surface area contributed by atoms with Crippen molar-refractivity contribution in [2.45, 2.75) is 44.9 Å². The van der Waals surface area contributed by atoms with Crippen molar-refractivity contribution in [1.82, 2.24) is 19.8 Å². The standard InChI is InChI=1S/C26H30N4O2S/c1-17-14-22(18(2)30(17)19-8-6-9-20(15-19)31-3)25-24(23-11-4-5-12-27-23)28-26(33)29(25)16-21-10-7-13-32-21/h4-6,8-9,11-12,14-15,21,24-25H,7,10,13,16H2,1-3H3,(H,28,33)/t21-,24-,25-/m1/s1. The summed E-state index contributed by atoms with van der Waals surface area (Å²) in [6.07, 6.45) is 4.23. The number of aryl methyl sites for hydroxylation is 1. The van der Waals surface area contributed by atoms with Gasteiger partial charge in [-0.1, -0.05) is 12.1 Å². The van der Waals surface area contributed by atoms with Gasteiger partial charge in [-0.05, 0) is 74.8 Å².